The first-order chi connectivity index (χ1) is 8.31. The first-order valence-electron chi connectivity index (χ1n) is 5.23. The Morgan fingerprint density at radius 2 is 1.11 bits per heavy atom. The lowest BCUT2D eigenvalue weighted by Gasteiger charge is -2.26. The van der Waals surface area contributed by atoms with Gasteiger partial charge in [-0.3, -0.25) is 30.0 Å². The van der Waals surface area contributed by atoms with E-state index >= 15 is 0 Å². The van der Waals surface area contributed by atoms with Gasteiger partial charge in [-0.25, -0.2) is 0 Å². The van der Waals surface area contributed by atoms with Crippen LogP contribution < -0.4 is 16.4 Å². The summed E-state index contributed by atoms with van der Waals surface area (Å²) in [6.07, 6.45) is 0. The lowest BCUT2D eigenvalue weighted by Crippen LogP contribution is -2.53. The lowest BCUT2D eigenvalue weighted by atomic mass is 10.6. The molecule has 0 rings (SSSR count). The Morgan fingerprint density at radius 1 is 0.833 bits per heavy atom. The molecule has 0 aromatic rings. The maximum Gasteiger partial charge on any atom is 0.594 e. The summed E-state index contributed by atoms with van der Waals surface area (Å²) in [5.74, 6) is 0. The molecule has 0 atom stereocenters. The number of hydroxylamine groups is 3. The number of hydrogen-bond acceptors (Lipinski definition) is 6. The van der Waals surface area contributed by atoms with Crippen molar-refractivity contribution in [1.82, 2.24) is 16.4 Å². The van der Waals surface area contributed by atoms with Gasteiger partial charge in [-0.2, -0.15) is 0 Å². The molecule has 0 aliphatic heterocycles. The Bertz CT molecular complexity index is 299. The fourth-order valence-electron chi connectivity index (χ4n) is 0.662. The van der Waals surface area contributed by atoms with Gasteiger partial charge in [-0.1, -0.05) is 26.3 Å². The molecule has 0 radical (unpaired) electrons. The second kappa shape index (κ2) is 7.72. The molecule has 18 heavy (non-hydrogen) atoms. The molecule has 3 N–H and O–H groups in total. The van der Waals surface area contributed by atoms with E-state index in [-0.39, 0.29) is 0 Å². The molecule has 0 aliphatic carbocycles. The number of allylic oxidation sites excluding steroid dienone is 3. The smallest absolute Gasteiger partial charge is 0.278 e. The van der Waals surface area contributed by atoms with Crippen LogP contribution in [0, 0.1) is 0 Å². The zero-order chi connectivity index (χ0) is 14.2. The van der Waals surface area contributed by atoms with Crippen molar-refractivity contribution in [1.29, 1.82) is 0 Å². The van der Waals surface area contributed by atoms with Crippen LogP contribution in [0.3, 0.4) is 0 Å². The highest BCUT2D eigenvalue weighted by atomic mass is 28.4. The molecule has 102 valence electrons. The standard InChI is InChI=1S/C11H21N3O3Si/c1-8-18(15-12-9(2)3,16-13-10(4)5)17-14-11(6)7/h8,12-14H,1-2,4,6H2,3,5,7H3. The van der Waals surface area contributed by atoms with Gasteiger partial charge in [0.1, 0.15) is 0 Å². The molecule has 0 unspecified atom stereocenters. The molecule has 0 bridgehead atoms. The van der Waals surface area contributed by atoms with Gasteiger partial charge < -0.3 is 0 Å². The Kier molecular flexibility index (Phi) is 7.06. The largest absolute Gasteiger partial charge is 0.594 e. The molecule has 6 nitrogen and oxygen atoms in total. The van der Waals surface area contributed by atoms with Gasteiger partial charge in [-0.15, -0.1) is 0 Å². The van der Waals surface area contributed by atoms with Crippen LogP contribution in [0.2, 0.25) is 0 Å². The first kappa shape index (κ1) is 16.5. The maximum atomic E-state index is 5.36. The van der Waals surface area contributed by atoms with E-state index in [9.17, 15) is 0 Å². The normalized spacial score (nSPS) is 10.4. The first-order valence-corrected chi connectivity index (χ1v) is 7.03. The Balaban J connectivity index is 4.69. The second-order valence-corrected chi connectivity index (χ2v) is 5.99. The van der Waals surface area contributed by atoms with Crippen molar-refractivity contribution in [3.8, 4) is 0 Å². The summed E-state index contributed by atoms with van der Waals surface area (Å²) in [5.41, 5.74) is 11.0. The molecule has 0 aliphatic rings. The summed E-state index contributed by atoms with van der Waals surface area (Å²) in [6.45, 7) is 19.8. The highest BCUT2D eigenvalue weighted by Gasteiger charge is 2.42. The molecule has 0 saturated carbocycles. The summed E-state index contributed by atoms with van der Waals surface area (Å²) in [5, 5.41) is 0. The Hall–Kier alpha value is -1.54. The van der Waals surface area contributed by atoms with Gasteiger partial charge in [0.05, 0.1) is 0 Å². The van der Waals surface area contributed by atoms with Crippen molar-refractivity contribution in [3.63, 3.8) is 0 Å². The summed E-state index contributed by atoms with van der Waals surface area (Å²) in [4.78, 5) is 0. The lowest BCUT2D eigenvalue weighted by molar-refractivity contribution is -0.00537. The highest BCUT2D eigenvalue weighted by Crippen LogP contribution is 2.08. The fourth-order valence-corrected chi connectivity index (χ4v) is 1.99. The van der Waals surface area contributed by atoms with E-state index in [0.29, 0.717) is 17.1 Å². The van der Waals surface area contributed by atoms with Gasteiger partial charge in [0.15, 0.2) is 0 Å². The third-order valence-corrected chi connectivity index (χ3v) is 3.01. The van der Waals surface area contributed by atoms with Crippen molar-refractivity contribution >= 4 is 8.80 Å². The quantitative estimate of drug-likeness (QED) is 0.416. The van der Waals surface area contributed by atoms with Crippen LogP contribution in [-0.4, -0.2) is 8.80 Å². The van der Waals surface area contributed by atoms with Crippen LogP contribution in [0.1, 0.15) is 20.8 Å². The van der Waals surface area contributed by atoms with Crippen molar-refractivity contribution < 1.29 is 13.6 Å². The van der Waals surface area contributed by atoms with Gasteiger partial charge in [0.25, 0.3) is 0 Å². The summed E-state index contributed by atoms with van der Waals surface area (Å²) >= 11 is 0. The molecule has 0 heterocycles. The van der Waals surface area contributed by atoms with Crippen molar-refractivity contribution in [3.05, 3.63) is 49.1 Å². The maximum absolute atomic E-state index is 5.36. The van der Waals surface area contributed by atoms with E-state index < -0.39 is 8.80 Å². The molecule has 0 saturated heterocycles. The molecule has 0 aromatic carbocycles. The molecule has 0 amide bonds. The van der Waals surface area contributed by atoms with E-state index in [4.69, 9.17) is 13.6 Å². The van der Waals surface area contributed by atoms with Crippen LogP contribution in [0.4, 0.5) is 0 Å². The molecule has 7 heteroatoms. The molecule has 0 spiro atoms. The topological polar surface area (TPSA) is 63.8 Å². The van der Waals surface area contributed by atoms with Crippen LogP contribution in [0.25, 0.3) is 0 Å². The van der Waals surface area contributed by atoms with E-state index in [1.165, 1.54) is 5.70 Å². The minimum absolute atomic E-state index is 0.603. The number of hydrogen-bond donors (Lipinski definition) is 3. The van der Waals surface area contributed by atoms with Crippen molar-refractivity contribution in [2.45, 2.75) is 20.8 Å². The molecule has 0 aromatic heterocycles. The SMILES string of the molecule is C=C[Si](ONC(=C)C)(ONC(=C)C)ONC(=C)C. The molecular formula is C11H21N3O3Si. The fraction of sp³-hybridized carbons (Fsp3) is 0.273. The molecule has 0 fully saturated rings. The third kappa shape index (κ3) is 6.92. The van der Waals surface area contributed by atoms with E-state index in [1.807, 2.05) is 0 Å². The molecular weight excluding hydrogens is 250 g/mol. The van der Waals surface area contributed by atoms with Crippen LogP contribution in [-0.2, 0) is 13.6 Å². The Morgan fingerprint density at radius 3 is 1.28 bits per heavy atom. The van der Waals surface area contributed by atoms with Gasteiger partial charge >= 0.3 is 8.80 Å². The van der Waals surface area contributed by atoms with Gasteiger partial charge in [0.2, 0.25) is 0 Å². The zero-order valence-electron chi connectivity index (χ0n) is 11.1. The van der Waals surface area contributed by atoms with Crippen LogP contribution in [0.15, 0.2) is 49.1 Å². The second-order valence-electron chi connectivity index (χ2n) is 3.76. The summed E-state index contributed by atoms with van der Waals surface area (Å²) < 4.78 is 16.1. The van der Waals surface area contributed by atoms with Gasteiger partial charge in [0, 0.05) is 17.1 Å². The number of rotatable bonds is 10. The van der Waals surface area contributed by atoms with E-state index in [2.05, 4.69) is 42.8 Å². The Labute approximate surface area is 109 Å². The average molecular weight is 271 g/mol. The zero-order valence-corrected chi connectivity index (χ0v) is 12.1. The van der Waals surface area contributed by atoms with Gasteiger partial charge in [-0.05, 0) is 26.5 Å². The summed E-state index contributed by atoms with van der Waals surface area (Å²) in [7, 11) is -3.21. The van der Waals surface area contributed by atoms with Crippen LogP contribution >= 0.6 is 0 Å². The minimum atomic E-state index is -3.21. The van der Waals surface area contributed by atoms with E-state index in [1.54, 1.807) is 20.8 Å². The summed E-state index contributed by atoms with van der Waals surface area (Å²) in [6, 6.07) is 0. The third-order valence-electron chi connectivity index (χ3n) is 1.35. The predicted octanol–water partition coefficient (Wildman–Crippen LogP) is 1.81. The van der Waals surface area contributed by atoms with Crippen molar-refractivity contribution in [2.75, 3.05) is 0 Å². The van der Waals surface area contributed by atoms with Crippen molar-refractivity contribution in [2.24, 2.45) is 0 Å². The van der Waals surface area contributed by atoms with Crippen LogP contribution in [0.5, 0.6) is 0 Å². The minimum Gasteiger partial charge on any atom is -0.278 e. The average Bonchev–Trinajstić information content (AvgIpc) is 2.28. The highest BCUT2D eigenvalue weighted by molar-refractivity contribution is 6.65. The predicted molar refractivity (Wildman–Crippen MR) is 73.1 cm³/mol. The monoisotopic (exact) mass is 271 g/mol. The van der Waals surface area contributed by atoms with E-state index in [0.717, 1.165) is 0 Å². The number of nitrogens with one attached hydrogen (secondary N) is 3.